The average Bonchev–Trinajstić information content (AvgIpc) is 2.98. The Hall–Kier alpha value is -1.73. The van der Waals surface area contributed by atoms with Crippen molar-refractivity contribution >= 4 is 33.3 Å². The molecule has 6 nitrogen and oxygen atoms in total. The van der Waals surface area contributed by atoms with Gasteiger partial charge in [0, 0.05) is 26.2 Å². The van der Waals surface area contributed by atoms with Crippen LogP contribution >= 0.6 is 11.3 Å². The van der Waals surface area contributed by atoms with E-state index in [1.54, 1.807) is 17.7 Å². The van der Waals surface area contributed by atoms with Crippen LogP contribution < -0.4 is 4.90 Å². The van der Waals surface area contributed by atoms with Crippen molar-refractivity contribution in [3.63, 3.8) is 0 Å². The van der Waals surface area contributed by atoms with Gasteiger partial charge in [-0.25, -0.2) is 9.97 Å². The van der Waals surface area contributed by atoms with E-state index in [2.05, 4.69) is 43.2 Å². The molecule has 0 saturated carbocycles. The number of carbonyl (C=O) groups excluding carboxylic acids is 1. The maximum absolute atomic E-state index is 13.0. The van der Waals surface area contributed by atoms with Gasteiger partial charge in [0.1, 0.15) is 17.0 Å². The van der Waals surface area contributed by atoms with E-state index in [0.29, 0.717) is 5.91 Å². The van der Waals surface area contributed by atoms with E-state index in [-0.39, 0.29) is 6.04 Å². The van der Waals surface area contributed by atoms with Crippen molar-refractivity contribution in [1.82, 2.24) is 19.8 Å². The molecule has 2 aliphatic heterocycles. The molecule has 0 N–H and O–H groups in total. The van der Waals surface area contributed by atoms with Crippen molar-refractivity contribution in [2.45, 2.75) is 31.7 Å². The summed E-state index contributed by atoms with van der Waals surface area (Å²) in [5.74, 6) is 1.32. The van der Waals surface area contributed by atoms with Crippen molar-refractivity contribution in [3.8, 4) is 0 Å². The lowest BCUT2D eigenvalue weighted by molar-refractivity contribution is -0.137. The SMILES string of the molecule is CN1CCCCC1C(=O)N1CCCN(c2ncnc3sccc23)CC1. The molecule has 2 fully saturated rings. The molecular weight excluding hydrogens is 334 g/mol. The van der Waals surface area contributed by atoms with Crippen molar-refractivity contribution in [1.29, 1.82) is 0 Å². The second-order valence-corrected chi connectivity index (χ2v) is 7.89. The van der Waals surface area contributed by atoms with Crippen molar-refractivity contribution in [3.05, 3.63) is 17.8 Å². The molecule has 25 heavy (non-hydrogen) atoms. The van der Waals surface area contributed by atoms with Gasteiger partial charge in [-0.3, -0.25) is 9.69 Å². The first kappa shape index (κ1) is 16.7. The topological polar surface area (TPSA) is 52.6 Å². The number of amides is 1. The zero-order valence-electron chi connectivity index (χ0n) is 14.7. The Kier molecular flexibility index (Phi) is 4.85. The summed E-state index contributed by atoms with van der Waals surface area (Å²) in [5.41, 5.74) is 0. The second-order valence-electron chi connectivity index (χ2n) is 6.99. The van der Waals surface area contributed by atoms with E-state index in [1.165, 1.54) is 6.42 Å². The summed E-state index contributed by atoms with van der Waals surface area (Å²) in [7, 11) is 2.08. The fraction of sp³-hybridized carbons (Fsp3) is 0.611. The van der Waals surface area contributed by atoms with Crippen molar-refractivity contribution in [2.24, 2.45) is 0 Å². The van der Waals surface area contributed by atoms with Crippen molar-refractivity contribution in [2.75, 3.05) is 44.7 Å². The standard InChI is InChI=1S/C18H25N5OS/c1-21-7-3-2-5-15(21)18(24)23-9-4-8-22(10-11-23)16-14-6-12-25-17(14)20-13-19-16/h6,12-13,15H,2-5,7-11H2,1H3. The molecule has 2 aromatic rings. The van der Waals surface area contributed by atoms with Crippen LogP contribution in [0.2, 0.25) is 0 Å². The molecule has 0 radical (unpaired) electrons. The minimum Gasteiger partial charge on any atom is -0.354 e. The average molecular weight is 359 g/mol. The normalized spacial score (nSPS) is 23.0. The monoisotopic (exact) mass is 359 g/mol. The Morgan fingerprint density at radius 3 is 2.92 bits per heavy atom. The largest absolute Gasteiger partial charge is 0.354 e. The van der Waals surface area contributed by atoms with Crippen LogP contribution in [0.3, 0.4) is 0 Å². The number of piperidine rings is 1. The van der Waals surface area contributed by atoms with Gasteiger partial charge in [-0.2, -0.15) is 0 Å². The highest BCUT2D eigenvalue weighted by Gasteiger charge is 2.31. The van der Waals surface area contributed by atoms with Gasteiger partial charge in [-0.15, -0.1) is 11.3 Å². The van der Waals surface area contributed by atoms with Gasteiger partial charge < -0.3 is 9.80 Å². The van der Waals surface area contributed by atoms with Gasteiger partial charge in [0.15, 0.2) is 0 Å². The first-order valence-corrected chi connectivity index (χ1v) is 10.0. The van der Waals surface area contributed by atoms with Crippen LogP contribution in [-0.2, 0) is 4.79 Å². The fourth-order valence-corrected chi connectivity index (χ4v) is 4.70. The quantitative estimate of drug-likeness (QED) is 0.823. The maximum Gasteiger partial charge on any atom is 0.239 e. The zero-order valence-corrected chi connectivity index (χ0v) is 15.5. The molecule has 0 aromatic carbocycles. The Labute approximate surface area is 152 Å². The third kappa shape index (κ3) is 3.35. The summed E-state index contributed by atoms with van der Waals surface area (Å²) in [6.07, 6.45) is 6.00. The highest BCUT2D eigenvalue weighted by molar-refractivity contribution is 7.16. The Balaban J connectivity index is 1.47. The number of likely N-dealkylation sites (N-methyl/N-ethyl adjacent to an activating group) is 1. The number of carbonyl (C=O) groups is 1. The predicted molar refractivity (Wildman–Crippen MR) is 101 cm³/mol. The van der Waals surface area contributed by atoms with Gasteiger partial charge >= 0.3 is 0 Å². The summed E-state index contributed by atoms with van der Waals surface area (Å²) < 4.78 is 0. The lowest BCUT2D eigenvalue weighted by Gasteiger charge is -2.35. The Bertz CT molecular complexity index is 748. The third-order valence-electron chi connectivity index (χ3n) is 5.40. The molecule has 4 heterocycles. The molecule has 134 valence electrons. The molecule has 2 saturated heterocycles. The van der Waals surface area contributed by atoms with E-state index in [1.807, 2.05) is 0 Å². The number of hydrogen-bond acceptors (Lipinski definition) is 6. The minimum atomic E-state index is 0.0722. The molecule has 1 unspecified atom stereocenters. The molecule has 0 bridgehead atoms. The number of thiophene rings is 1. The van der Waals surface area contributed by atoms with Crippen LogP contribution in [0, 0.1) is 0 Å². The summed E-state index contributed by atoms with van der Waals surface area (Å²) >= 11 is 1.65. The van der Waals surface area contributed by atoms with Crippen molar-refractivity contribution < 1.29 is 4.79 Å². The molecule has 2 aromatic heterocycles. The van der Waals surface area contributed by atoms with Crippen LogP contribution in [0.1, 0.15) is 25.7 Å². The molecule has 0 aliphatic carbocycles. The second kappa shape index (κ2) is 7.25. The minimum absolute atomic E-state index is 0.0722. The molecule has 1 atom stereocenters. The van der Waals surface area contributed by atoms with E-state index >= 15 is 0 Å². The maximum atomic E-state index is 13.0. The van der Waals surface area contributed by atoms with E-state index < -0.39 is 0 Å². The zero-order chi connectivity index (χ0) is 17.2. The lowest BCUT2D eigenvalue weighted by atomic mass is 10.0. The molecule has 7 heteroatoms. The van der Waals surface area contributed by atoms with E-state index in [0.717, 1.165) is 68.0 Å². The molecule has 1 amide bonds. The molecule has 2 aliphatic rings. The van der Waals surface area contributed by atoms with Crippen LogP contribution in [0.5, 0.6) is 0 Å². The Morgan fingerprint density at radius 1 is 1.12 bits per heavy atom. The highest BCUT2D eigenvalue weighted by Crippen LogP contribution is 2.27. The van der Waals surface area contributed by atoms with Crippen LogP contribution in [0.4, 0.5) is 5.82 Å². The number of aromatic nitrogens is 2. The summed E-state index contributed by atoms with van der Waals surface area (Å²) in [4.78, 5) is 29.5. The first-order valence-electron chi connectivity index (χ1n) is 9.16. The number of hydrogen-bond donors (Lipinski definition) is 0. The third-order valence-corrected chi connectivity index (χ3v) is 6.22. The summed E-state index contributed by atoms with van der Waals surface area (Å²) in [6, 6.07) is 2.17. The molecular formula is C18H25N5OS. The highest BCUT2D eigenvalue weighted by atomic mass is 32.1. The van der Waals surface area contributed by atoms with Crippen LogP contribution in [0.15, 0.2) is 17.8 Å². The van der Waals surface area contributed by atoms with Crippen LogP contribution in [-0.4, -0.2) is 71.5 Å². The smallest absolute Gasteiger partial charge is 0.239 e. The predicted octanol–water partition coefficient (Wildman–Crippen LogP) is 2.21. The number of likely N-dealkylation sites (tertiary alicyclic amines) is 1. The summed E-state index contributed by atoms with van der Waals surface area (Å²) in [6.45, 7) is 4.43. The van der Waals surface area contributed by atoms with Gasteiger partial charge in [0.05, 0.1) is 11.4 Å². The van der Waals surface area contributed by atoms with Gasteiger partial charge in [-0.1, -0.05) is 6.42 Å². The van der Waals surface area contributed by atoms with Gasteiger partial charge in [0.25, 0.3) is 0 Å². The lowest BCUT2D eigenvalue weighted by Crippen LogP contribution is -2.50. The van der Waals surface area contributed by atoms with Gasteiger partial charge in [0.2, 0.25) is 5.91 Å². The van der Waals surface area contributed by atoms with Crippen LogP contribution in [0.25, 0.3) is 10.2 Å². The molecule has 0 spiro atoms. The van der Waals surface area contributed by atoms with E-state index in [4.69, 9.17) is 0 Å². The number of fused-ring (bicyclic) bond motifs is 1. The number of nitrogens with zero attached hydrogens (tertiary/aromatic N) is 5. The molecule has 4 rings (SSSR count). The number of rotatable bonds is 2. The van der Waals surface area contributed by atoms with E-state index in [9.17, 15) is 4.79 Å². The summed E-state index contributed by atoms with van der Waals surface area (Å²) in [5, 5.41) is 3.19. The van der Waals surface area contributed by atoms with Gasteiger partial charge in [-0.05, 0) is 44.3 Å². The fourth-order valence-electron chi connectivity index (χ4n) is 3.98. The number of anilines is 1. The first-order chi connectivity index (χ1) is 12.2. The Morgan fingerprint density at radius 2 is 2.04 bits per heavy atom.